The highest BCUT2D eigenvalue weighted by Crippen LogP contribution is 2.50. The summed E-state index contributed by atoms with van der Waals surface area (Å²) in [6, 6.07) is 2.03. The molecule has 0 spiro atoms. The number of pyridine rings is 1. The van der Waals surface area contributed by atoms with Crippen molar-refractivity contribution >= 4 is 34.8 Å². The third-order valence-electron chi connectivity index (χ3n) is 4.76. The van der Waals surface area contributed by atoms with E-state index < -0.39 is 0 Å². The topological polar surface area (TPSA) is 50.9 Å². The summed E-state index contributed by atoms with van der Waals surface area (Å²) < 4.78 is 0. The molecular formula is C14H19Cl2N3. The maximum atomic E-state index is 6.17. The molecule has 2 aliphatic rings. The van der Waals surface area contributed by atoms with Gasteiger partial charge in [-0.2, -0.15) is 0 Å². The van der Waals surface area contributed by atoms with Crippen molar-refractivity contribution < 1.29 is 0 Å². The van der Waals surface area contributed by atoms with E-state index >= 15 is 0 Å². The highest BCUT2D eigenvalue weighted by molar-refractivity contribution is 6.37. The number of halogens is 2. The first-order valence-corrected chi connectivity index (χ1v) is 7.68. The fourth-order valence-electron chi connectivity index (χ4n) is 3.81. The molecule has 0 radical (unpaired) electrons. The Kier molecular flexibility index (Phi) is 3.52. The second kappa shape index (κ2) is 5.02. The van der Waals surface area contributed by atoms with Crippen LogP contribution in [0.1, 0.15) is 32.6 Å². The van der Waals surface area contributed by atoms with Gasteiger partial charge in [0.05, 0.1) is 10.0 Å². The van der Waals surface area contributed by atoms with Crippen LogP contribution < -0.4 is 11.1 Å². The summed E-state index contributed by atoms with van der Waals surface area (Å²) in [4.78, 5) is 4.25. The van der Waals surface area contributed by atoms with Gasteiger partial charge in [-0.05, 0) is 50.0 Å². The Hall–Kier alpha value is -0.670. The summed E-state index contributed by atoms with van der Waals surface area (Å²) in [6.45, 7) is 2.22. The lowest BCUT2D eigenvalue weighted by Gasteiger charge is -2.29. The normalized spacial score (nSPS) is 30.6. The summed E-state index contributed by atoms with van der Waals surface area (Å²) in [6.07, 6.45) is 5.53. The van der Waals surface area contributed by atoms with E-state index in [0.29, 0.717) is 27.7 Å². The maximum absolute atomic E-state index is 6.17. The second-order valence-electron chi connectivity index (χ2n) is 5.96. The van der Waals surface area contributed by atoms with Crippen molar-refractivity contribution in [1.82, 2.24) is 4.98 Å². The molecular weight excluding hydrogens is 281 g/mol. The number of hydrogen-bond donors (Lipinski definition) is 2. The number of anilines is 2. The fourth-order valence-corrected chi connectivity index (χ4v) is 4.22. The third-order valence-corrected chi connectivity index (χ3v) is 5.35. The van der Waals surface area contributed by atoms with Gasteiger partial charge in [-0.3, -0.25) is 0 Å². The molecule has 0 saturated heterocycles. The van der Waals surface area contributed by atoms with Crippen molar-refractivity contribution in [3.63, 3.8) is 0 Å². The molecule has 2 fully saturated rings. The van der Waals surface area contributed by atoms with Gasteiger partial charge in [-0.1, -0.05) is 29.6 Å². The van der Waals surface area contributed by atoms with E-state index in [1.807, 2.05) is 0 Å². The highest BCUT2D eigenvalue weighted by atomic mass is 35.5. The molecule has 1 aromatic rings. The van der Waals surface area contributed by atoms with Crippen LogP contribution in [0, 0.1) is 17.8 Å². The van der Waals surface area contributed by atoms with E-state index in [1.165, 1.54) is 25.7 Å². The molecule has 2 aliphatic carbocycles. The highest BCUT2D eigenvalue weighted by Gasteiger charge is 2.41. The number of nitrogens with zero attached hydrogens (tertiary/aromatic N) is 1. The van der Waals surface area contributed by atoms with Crippen LogP contribution in [-0.4, -0.2) is 11.0 Å². The molecule has 0 aliphatic heterocycles. The minimum absolute atomic E-state index is 0.328. The lowest BCUT2D eigenvalue weighted by Crippen LogP contribution is -2.30. The minimum Gasteiger partial charge on any atom is -0.382 e. The molecule has 19 heavy (non-hydrogen) atoms. The van der Waals surface area contributed by atoms with Crippen molar-refractivity contribution in [2.45, 2.75) is 38.6 Å². The van der Waals surface area contributed by atoms with Gasteiger partial charge in [0, 0.05) is 6.04 Å². The molecule has 3 N–H and O–H groups in total. The average Bonchev–Trinajstić information content (AvgIpc) is 2.98. The van der Waals surface area contributed by atoms with Crippen LogP contribution in [0.4, 0.5) is 11.6 Å². The van der Waals surface area contributed by atoms with Crippen LogP contribution in [0.2, 0.25) is 10.0 Å². The summed E-state index contributed by atoms with van der Waals surface area (Å²) in [5, 5.41) is 4.37. The van der Waals surface area contributed by atoms with E-state index in [9.17, 15) is 0 Å². The van der Waals surface area contributed by atoms with Crippen LogP contribution in [0.3, 0.4) is 0 Å². The van der Waals surface area contributed by atoms with Crippen molar-refractivity contribution in [1.29, 1.82) is 0 Å². The summed E-state index contributed by atoms with van der Waals surface area (Å²) >= 11 is 12.1. The molecule has 4 atom stereocenters. The number of nitrogen functional groups attached to an aromatic ring is 1. The monoisotopic (exact) mass is 299 g/mol. The van der Waals surface area contributed by atoms with Crippen LogP contribution in [0.5, 0.6) is 0 Å². The lowest BCUT2D eigenvalue weighted by molar-refractivity contribution is 0.304. The van der Waals surface area contributed by atoms with Gasteiger partial charge in [-0.15, -0.1) is 0 Å². The number of aromatic nitrogens is 1. The molecule has 2 bridgehead atoms. The average molecular weight is 300 g/mol. The minimum atomic E-state index is 0.328. The molecule has 104 valence electrons. The standard InChI is InChI=1S/C14H19Cl2N3/c1-7(10-5-8-2-3-9(10)4-8)18-14-12(16)6-11(15)13(17)19-14/h6-10H,2-5H2,1H3,(H3,17,18,19). The fraction of sp³-hybridized carbons (Fsp3) is 0.643. The predicted octanol–water partition coefficient (Wildman–Crippen LogP) is 4.21. The Morgan fingerprint density at radius 3 is 2.74 bits per heavy atom. The lowest BCUT2D eigenvalue weighted by atomic mass is 9.84. The summed E-state index contributed by atoms with van der Waals surface area (Å²) in [7, 11) is 0. The molecule has 5 heteroatoms. The van der Waals surface area contributed by atoms with Crippen molar-refractivity contribution in [2.24, 2.45) is 17.8 Å². The van der Waals surface area contributed by atoms with Crippen LogP contribution in [0.25, 0.3) is 0 Å². The first-order valence-electron chi connectivity index (χ1n) is 6.92. The number of hydrogen-bond acceptors (Lipinski definition) is 3. The van der Waals surface area contributed by atoms with Gasteiger partial charge in [-0.25, -0.2) is 4.98 Å². The van der Waals surface area contributed by atoms with Crippen molar-refractivity contribution in [2.75, 3.05) is 11.1 Å². The number of nitrogens with two attached hydrogens (primary N) is 1. The number of rotatable bonds is 3. The molecule has 2 saturated carbocycles. The molecule has 0 aromatic carbocycles. The second-order valence-corrected chi connectivity index (χ2v) is 6.77. The predicted molar refractivity (Wildman–Crippen MR) is 80.7 cm³/mol. The van der Waals surface area contributed by atoms with Crippen LogP contribution in [0.15, 0.2) is 6.07 Å². The van der Waals surface area contributed by atoms with Gasteiger partial charge in [0.2, 0.25) is 0 Å². The van der Waals surface area contributed by atoms with Gasteiger partial charge in [0.15, 0.2) is 0 Å². The largest absolute Gasteiger partial charge is 0.382 e. The molecule has 3 nitrogen and oxygen atoms in total. The Balaban J connectivity index is 1.73. The first kappa shape index (κ1) is 13.3. The zero-order valence-electron chi connectivity index (χ0n) is 11.0. The smallest absolute Gasteiger partial charge is 0.147 e. The van der Waals surface area contributed by atoms with E-state index in [0.717, 1.165) is 17.8 Å². The molecule has 1 heterocycles. The van der Waals surface area contributed by atoms with E-state index in [4.69, 9.17) is 28.9 Å². The third kappa shape index (κ3) is 2.50. The van der Waals surface area contributed by atoms with Crippen LogP contribution in [-0.2, 0) is 0 Å². The van der Waals surface area contributed by atoms with Crippen molar-refractivity contribution in [3.8, 4) is 0 Å². The Morgan fingerprint density at radius 2 is 2.11 bits per heavy atom. The molecule has 4 unspecified atom stereocenters. The van der Waals surface area contributed by atoms with Gasteiger partial charge >= 0.3 is 0 Å². The van der Waals surface area contributed by atoms with Crippen LogP contribution >= 0.6 is 23.2 Å². The Morgan fingerprint density at radius 1 is 1.32 bits per heavy atom. The van der Waals surface area contributed by atoms with Gasteiger partial charge in [0.25, 0.3) is 0 Å². The van der Waals surface area contributed by atoms with E-state index in [2.05, 4.69) is 17.2 Å². The number of nitrogens with one attached hydrogen (secondary N) is 1. The summed E-state index contributed by atoms with van der Waals surface area (Å²) in [5.74, 6) is 3.52. The SMILES string of the molecule is CC(Nc1nc(N)c(Cl)cc1Cl)C1CC2CCC1C2. The maximum Gasteiger partial charge on any atom is 0.147 e. The zero-order chi connectivity index (χ0) is 13.6. The van der Waals surface area contributed by atoms with Gasteiger partial charge < -0.3 is 11.1 Å². The quantitative estimate of drug-likeness (QED) is 0.879. The molecule has 3 rings (SSSR count). The van der Waals surface area contributed by atoms with Gasteiger partial charge in [0.1, 0.15) is 11.6 Å². The molecule has 0 amide bonds. The summed E-state index contributed by atoms with van der Waals surface area (Å²) in [5.41, 5.74) is 5.74. The number of fused-ring (bicyclic) bond motifs is 2. The van der Waals surface area contributed by atoms with E-state index in [1.54, 1.807) is 6.07 Å². The molecule has 1 aromatic heterocycles. The van der Waals surface area contributed by atoms with E-state index in [-0.39, 0.29) is 0 Å². The first-order chi connectivity index (χ1) is 9.04. The Labute approximate surface area is 123 Å². The Bertz CT molecular complexity index is 492. The van der Waals surface area contributed by atoms with Crippen molar-refractivity contribution in [3.05, 3.63) is 16.1 Å². The zero-order valence-corrected chi connectivity index (χ0v) is 12.5.